The van der Waals surface area contributed by atoms with Crippen LogP contribution in [-0.4, -0.2) is 71.0 Å². The van der Waals surface area contributed by atoms with Crippen LogP contribution in [0, 0.1) is 0 Å². The predicted octanol–water partition coefficient (Wildman–Crippen LogP) is 3.26. The molecule has 7 heteroatoms. The molecule has 0 spiro atoms. The molecule has 0 N–H and O–H groups in total. The molecule has 0 aliphatic carbocycles. The van der Waals surface area contributed by atoms with Gasteiger partial charge in [0, 0.05) is 25.2 Å². The van der Waals surface area contributed by atoms with Crippen LogP contribution in [0.25, 0.3) is 0 Å². The van der Waals surface area contributed by atoms with Crippen LogP contribution in [0.3, 0.4) is 0 Å². The molecule has 152 valence electrons. The maximum absolute atomic E-state index is 12.7. The minimum Gasteiger partial charge on any atom is -0.444 e. The molecular weight excluding hydrogens is 343 g/mol. The summed E-state index contributed by atoms with van der Waals surface area (Å²) in [7, 11) is -0.321. The second kappa shape index (κ2) is 6.50. The Morgan fingerprint density at radius 1 is 1.19 bits per heavy atom. The molecule has 27 heavy (non-hydrogen) atoms. The average Bonchev–Trinajstić information content (AvgIpc) is 2.96. The Kier molecular flexibility index (Phi) is 4.98. The fourth-order valence-electron chi connectivity index (χ4n) is 4.15. The number of rotatable bonds is 1. The molecule has 3 aliphatic rings. The van der Waals surface area contributed by atoms with Crippen molar-refractivity contribution in [3.8, 4) is 0 Å². The molecule has 3 aliphatic heterocycles. The zero-order chi connectivity index (χ0) is 20.4. The van der Waals surface area contributed by atoms with E-state index in [0.717, 1.165) is 18.6 Å². The van der Waals surface area contributed by atoms with Crippen molar-refractivity contribution >= 4 is 13.2 Å². The lowest BCUT2D eigenvalue weighted by molar-refractivity contribution is -0.0219. The fraction of sp³-hybridized carbons (Fsp3) is 0.850. The summed E-state index contributed by atoms with van der Waals surface area (Å²) in [5, 5.41) is 0. The van der Waals surface area contributed by atoms with Gasteiger partial charge in [-0.15, -0.1) is 0 Å². The van der Waals surface area contributed by atoms with E-state index in [1.807, 2.05) is 25.7 Å². The molecule has 2 saturated heterocycles. The van der Waals surface area contributed by atoms with Crippen molar-refractivity contribution in [1.29, 1.82) is 0 Å². The van der Waals surface area contributed by atoms with E-state index in [1.165, 1.54) is 0 Å². The second-order valence-corrected chi connectivity index (χ2v) is 10.2. The van der Waals surface area contributed by atoms with Crippen LogP contribution in [0.5, 0.6) is 0 Å². The van der Waals surface area contributed by atoms with Crippen molar-refractivity contribution in [2.24, 2.45) is 0 Å². The fourth-order valence-corrected chi connectivity index (χ4v) is 4.15. The van der Waals surface area contributed by atoms with Gasteiger partial charge in [-0.2, -0.15) is 0 Å². The van der Waals surface area contributed by atoms with E-state index in [-0.39, 0.29) is 42.5 Å². The molecule has 0 aromatic rings. The molecule has 0 aromatic heterocycles. The zero-order valence-electron chi connectivity index (χ0n) is 18.3. The van der Waals surface area contributed by atoms with E-state index in [4.69, 9.17) is 14.0 Å². The normalized spacial score (nSPS) is 33.1. The summed E-state index contributed by atoms with van der Waals surface area (Å²) in [6, 6.07) is 0.281. The van der Waals surface area contributed by atoms with Gasteiger partial charge in [0.15, 0.2) is 0 Å². The number of carbonyl (C=O) groups excluding carboxylic acids is 1. The summed E-state index contributed by atoms with van der Waals surface area (Å²) in [5.41, 5.74) is -0.0252. The van der Waals surface area contributed by atoms with Crippen LogP contribution in [0.2, 0.25) is 0 Å². The lowest BCUT2D eigenvalue weighted by Crippen LogP contribution is -2.62. The van der Waals surface area contributed by atoms with E-state index < -0.39 is 5.60 Å². The highest BCUT2D eigenvalue weighted by Crippen LogP contribution is 2.40. The number of nitrogens with zero attached hydrogens (tertiary/aromatic N) is 2. The third kappa shape index (κ3) is 3.78. The van der Waals surface area contributed by atoms with Gasteiger partial charge in [0.2, 0.25) is 0 Å². The number of carbonyl (C=O) groups is 1. The average molecular weight is 378 g/mol. The number of hydrogen-bond donors (Lipinski definition) is 0. The van der Waals surface area contributed by atoms with Crippen molar-refractivity contribution in [1.82, 2.24) is 9.80 Å². The number of piperazine rings is 1. The number of hydrogen-bond acceptors (Lipinski definition) is 5. The van der Waals surface area contributed by atoms with Crippen molar-refractivity contribution in [2.45, 2.75) is 97.2 Å². The van der Waals surface area contributed by atoms with Gasteiger partial charge in [0.1, 0.15) is 5.60 Å². The largest absolute Gasteiger partial charge is 0.491 e. The maximum atomic E-state index is 12.7. The van der Waals surface area contributed by atoms with E-state index in [1.54, 1.807) is 0 Å². The summed E-state index contributed by atoms with van der Waals surface area (Å²) >= 11 is 0. The van der Waals surface area contributed by atoms with Gasteiger partial charge in [-0.05, 0) is 67.8 Å². The smallest absolute Gasteiger partial charge is 0.444 e. The Balaban J connectivity index is 1.77. The molecule has 0 aromatic carbocycles. The summed E-state index contributed by atoms with van der Waals surface area (Å²) in [6.07, 6.45) is 2.00. The zero-order valence-corrected chi connectivity index (χ0v) is 18.3. The first-order chi connectivity index (χ1) is 12.2. The first-order valence-corrected chi connectivity index (χ1v) is 10.0. The number of fused-ring (bicyclic) bond motifs is 1. The van der Waals surface area contributed by atoms with Crippen molar-refractivity contribution in [3.63, 3.8) is 0 Å². The van der Waals surface area contributed by atoms with Crippen molar-refractivity contribution < 1.29 is 18.8 Å². The van der Waals surface area contributed by atoms with Crippen molar-refractivity contribution in [3.05, 3.63) is 11.5 Å². The van der Waals surface area contributed by atoms with Crippen LogP contribution in [0.1, 0.15) is 62.3 Å². The molecule has 0 radical (unpaired) electrons. The maximum Gasteiger partial charge on any atom is 0.491 e. The second-order valence-electron chi connectivity index (χ2n) is 10.2. The third-order valence-electron chi connectivity index (χ3n) is 6.26. The summed E-state index contributed by atoms with van der Waals surface area (Å²) in [6.45, 7) is 19.8. The summed E-state index contributed by atoms with van der Waals surface area (Å²) in [4.78, 5) is 17.0. The van der Waals surface area contributed by atoms with Crippen molar-refractivity contribution in [2.75, 3.05) is 13.1 Å². The topological polar surface area (TPSA) is 51.2 Å². The Hall–Kier alpha value is -1.05. The molecule has 3 rings (SSSR count). The van der Waals surface area contributed by atoms with Gasteiger partial charge in [0.05, 0.1) is 17.2 Å². The third-order valence-corrected chi connectivity index (χ3v) is 6.26. The molecule has 0 bridgehead atoms. The molecule has 2 fully saturated rings. The van der Waals surface area contributed by atoms with E-state index in [0.29, 0.717) is 0 Å². The van der Waals surface area contributed by atoms with Gasteiger partial charge in [-0.3, -0.25) is 9.80 Å². The Bertz CT molecular complexity index is 624. The van der Waals surface area contributed by atoms with Crippen LogP contribution in [0.15, 0.2) is 11.5 Å². The van der Waals surface area contributed by atoms with Crippen LogP contribution >= 0.6 is 0 Å². The van der Waals surface area contributed by atoms with Gasteiger partial charge in [-0.1, -0.05) is 6.08 Å². The first kappa shape index (κ1) is 20.7. The first-order valence-electron chi connectivity index (χ1n) is 10.0. The van der Waals surface area contributed by atoms with Crippen LogP contribution < -0.4 is 0 Å². The van der Waals surface area contributed by atoms with Crippen LogP contribution in [-0.2, 0) is 14.0 Å². The molecule has 1 amide bonds. The minimum absolute atomic E-state index is 0.0310. The highest BCUT2D eigenvalue weighted by Gasteiger charge is 2.54. The standard InChI is InChI=1S/C20H35BN2O4/c1-13-11-22-12-15(21-26-19(6,7)20(8,9)27-21)10-16(22)14(2)23(13)17(24)25-18(3,4)5/h10,13-14,16H,11-12H2,1-9H3/t13-,14+,16-/m0/s1. The van der Waals surface area contributed by atoms with Gasteiger partial charge in [0.25, 0.3) is 0 Å². The Morgan fingerprint density at radius 3 is 2.26 bits per heavy atom. The monoisotopic (exact) mass is 378 g/mol. The van der Waals surface area contributed by atoms with E-state index in [2.05, 4.69) is 52.5 Å². The Labute approximate surface area is 164 Å². The summed E-state index contributed by atoms with van der Waals surface area (Å²) < 4.78 is 18.1. The number of ether oxygens (including phenoxy) is 1. The van der Waals surface area contributed by atoms with E-state index in [9.17, 15) is 4.79 Å². The molecular formula is C20H35BN2O4. The Morgan fingerprint density at radius 2 is 1.74 bits per heavy atom. The molecule has 6 nitrogen and oxygen atoms in total. The lowest BCUT2D eigenvalue weighted by atomic mass is 9.78. The predicted molar refractivity (Wildman–Crippen MR) is 107 cm³/mol. The molecule has 3 atom stereocenters. The molecule has 3 heterocycles. The van der Waals surface area contributed by atoms with Gasteiger partial charge in [-0.25, -0.2) is 4.79 Å². The quantitative estimate of drug-likeness (QED) is 0.656. The lowest BCUT2D eigenvalue weighted by Gasteiger charge is -2.47. The van der Waals surface area contributed by atoms with Crippen LogP contribution in [0.4, 0.5) is 4.79 Å². The highest BCUT2D eigenvalue weighted by molar-refractivity contribution is 6.55. The summed E-state index contributed by atoms with van der Waals surface area (Å²) in [5.74, 6) is 0. The molecule has 0 saturated carbocycles. The van der Waals surface area contributed by atoms with E-state index >= 15 is 0 Å². The highest BCUT2D eigenvalue weighted by atomic mass is 16.7. The van der Waals surface area contributed by atoms with Gasteiger partial charge < -0.3 is 14.0 Å². The minimum atomic E-state index is -0.493. The molecule has 0 unspecified atom stereocenters. The van der Waals surface area contributed by atoms with Gasteiger partial charge >= 0.3 is 13.2 Å². The SMILES string of the molecule is C[C@@H]1[C@@H]2C=C(B3OC(C)(C)C(C)(C)O3)CN2C[C@H](C)N1C(=O)OC(C)(C)C. The number of amides is 1.